The number of carbonyl (C=O) groups excluding carboxylic acids is 1. The number of fused-ring (bicyclic) bond motifs is 2. The summed E-state index contributed by atoms with van der Waals surface area (Å²) < 4.78 is 18.9. The predicted molar refractivity (Wildman–Crippen MR) is 106 cm³/mol. The van der Waals surface area contributed by atoms with Crippen molar-refractivity contribution in [1.29, 1.82) is 0 Å². The van der Waals surface area contributed by atoms with Crippen molar-refractivity contribution in [3.8, 4) is 0 Å². The summed E-state index contributed by atoms with van der Waals surface area (Å²) in [5.41, 5.74) is 2.25. The number of hydrogen-bond acceptors (Lipinski definition) is 5. The summed E-state index contributed by atoms with van der Waals surface area (Å²) in [5, 5.41) is 6.19. The summed E-state index contributed by atoms with van der Waals surface area (Å²) in [7, 11) is 0. The number of amides is 2. The Morgan fingerprint density at radius 1 is 1.31 bits per heavy atom. The van der Waals surface area contributed by atoms with Crippen LogP contribution in [0.3, 0.4) is 0 Å². The molecule has 1 atom stereocenters. The van der Waals surface area contributed by atoms with Crippen molar-refractivity contribution in [3.63, 3.8) is 0 Å². The van der Waals surface area contributed by atoms with Gasteiger partial charge in [-0.1, -0.05) is 0 Å². The third kappa shape index (κ3) is 3.76. The number of carbonyl (C=O) groups is 1. The zero-order valence-electron chi connectivity index (χ0n) is 16.2. The Morgan fingerprint density at radius 2 is 2.14 bits per heavy atom. The highest BCUT2D eigenvalue weighted by Crippen LogP contribution is 2.39. The third-order valence-corrected chi connectivity index (χ3v) is 5.99. The molecule has 7 nitrogen and oxygen atoms in total. The Balaban J connectivity index is 1.32. The van der Waals surface area contributed by atoms with E-state index >= 15 is 0 Å². The molecular weight excluding hydrogens is 373 g/mol. The van der Waals surface area contributed by atoms with Crippen molar-refractivity contribution < 1.29 is 13.9 Å². The summed E-state index contributed by atoms with van der Waals surface area (Å²) in [6.07, 6.45) is 5.18. The largest absolute Gasteiger partial charge is 0.376 e. The fourth-order valence-electron chi connectivity index (χ4n) is 4.13. The zero-order chi connectivity index (χ0) is 19.8. The van der Waals surface area contributed by atoms with Crippen LogP contribution in [-0.4, -0.2) is 47.1 Å². The molecule has 1 aliphatic carbocycles. The highest BCUT2D eigenvalue weighted by molar-refractivity contribution is 5.89. The van der Waals surface area contributed by atoms with E-state index < -0.39 is 0 Å². The van der Waals surface area contributed by atoms with Gasteiger partial charge in [0.1, 0.15) is 5.82 Å². The number of aromatic nitrogens is 2. The molecule has 0 bridgehead atoms. The molecule has 5 rings (SSSR count). The van der Waals surface area contributed by atoms with Crippen molar-refractivity contribution in [1.82, 2.24) is 14.9 Å². The molecule has 8 heteroatoms. The maximum absolute atomic E-state index is 13.1. The van der Waals surface area contributed by atoms with Gasteiger partial charge in [-0.25, -0.2) is 19.2 Å². The van der Waals surface area contributed by atoms with E-state index in [0.29, 0.717) is 37.9 Å². The van der Waals surface area contributed by atoms with Crippen LogP contribution in [0.1, 0.15) is 30.5 Å². The number of rotatable bonds is 4. The zero-order valence-corrected chi connectivity index (χ0v) is 16.2. The Hall–Kier alpha value is -2.74. The first-order valence-corrected chi connectivity index (χ1v) is 10.1. The number of halogens is 1. The van der Waals surface area contributed by atoms with Crippen LogP contribution in [0.15, 0.2) is 30.5 Å². The quantitative estimate of drug-likeness (QED) is 0.829. The second-order valence-electron chi connectivity index (χ2n) is 8.27. The normalized spacial score (nSPS) is 23.1. The summed E-state index contributed by atoms with van der Waals surface area (Å²) in [4.78, 5) is 23.8. The van der Waals surface area contributed by atoms with Crippen LogP contribution in [0.25, 0.3) is 0 Å². The van der Waals surface area contributed by atoms with E-state index in [0.717, 1.165) is 30.1 Å². The molecule has 1 aromatic heterocycles. The molecule has 2 fully saturated rings. The first-order valence-electron chi connectivity index (χ1n) is 10.1. The molecule has 2 amide bonds. The number of likely N-dealkylation sites (tertiary alicyclic amines) is 1. The first kappa shape index (κ1) is 18.3. The van der Waals surface area contributed by atoms with E-state index in [4.69, 9.17) is 9.72 Å². The Bertz CT molecular complexity index is 918. The van der Waals surface area contributed by atoms with Crippen molar-refractivity contribution >= 4 is 17.7 Å². The molecule has 3 aliphatic rings. The maximum Gasteiger partial charge on any atom is 0.321 e. The lowest BCUT2D eigenvalue weighted by atomic mass is 9.81. The summed E-state index contributed by atoms with van der Waals surface area (Å²) in [6.45, 7) is 3.10. The number of benzene rings is 1. The number of urea groups is 1. The number of hydrogen-bond donors (Lipinski definition) is 2. The van der Waals surface area contributed by atoms with Gasteiger partial charge in [-0.05, 0) is 49.4 Å². The third-order valence-electron chi connectivity index (χ3n) is 5.99. The lowest BCUT2D eigenvalue weighted by molar-refractivity contribution is 0.0521. The van der Waals surface area contributed by atoms with Gasteiger partial charge < -0.3 is 20.3 Å². The molecule has 3 heterocycles. The van der Waals surface area contributed by atoms with Gasteiger partial charge in [0, 0.05) is 37.1 Å². The molecule has 2 N–H and O–H groups in total. The lowest BCUT2D eigenvalue weighted by Crippen LogP contribution is -2.42. The van der Waals surface area contributed by atoms with E-state index in [1.807, 2.05) is 6.20 Å². The smallest absolute Gasteiger partial charge is 0.321 e. The summed E-state index contributed by atoms with van der Waals surface area (Å²) in [6, 6.07) is 5.59. The van der Waals surface area contributed by atoms with E-state index in [-0.39, 0.29) is 17.3 Å². The molecule has 0 radical (unpaired) electrons. The molecule has 1 saturated carbocycles. The SMILES string of the molecule is O=C(Nc1ccc(F)cc1)N1CC[C@]2(COCc3cnc(NCC4CC4)nc32)C1. The van der Waals surface area contributed by atoms with Gasteiger partial charge in [-0.3, -0.25) is 0 Å². The molecular formula is C21H24FN5O2. The second kappa shape index (κ2) is 7.26. The Labute approximate surface area is 168 Å². The van der Waals surface area contributed by atoms with Crippen LogP contribution in [0.2, 0.25) is 0 Å². The average Bonchev–Trinajstić information content (AvgIpc) is 3.47. The Morgan fingerprint density at radius 3 is 2.93 bits per heavy atom. The number of nitrogens with one attached hydrogen (secondary N) is 2. The molecule has 2 aliphatic heterocycles. The molecule has 29 heavy (non-hydrogen) atoms. The van der Waals surface area contributed by atoms with E-state index in [2.05, 4.69) is 15.6 Å². The topological polar surface area (TPSA) is 79.4 Å². The van der Waals surface area contributed by atoms with Crippen LogP contribution in [0, 0.1) is 11.7 Å². The van der Waals surface area contributed by atoms with Crippen LogP contribution in [0.5, 0.6) is 0 Å². The summed E-state index contributed by atoms with van der Waals surface area (Å²) >= 11 is 0. The van der Waals surface area contributed by atoms with Crippen molar-refractivity contribution in [2.24, 2.45) is 5.92 Å². The van der Waals surface area contributed by atoms with Gasteiger partial charge in [-0.15, -0.1) is 0 Å². The van der Waals surface area contributed by atoms with Crippen LogP contribution in [-0.2, 0) is 16.8 Å². The minimum Gasteiger partial charge on any atom is -0.376 e. The van der Waals surface area contributed by atoms with Gasteiger partial charge in [0.05, 0.1) is 24.3 Å². The van der Waals surface area contributed by atoms with E-state index in [1.54, 1.807) is 17.0 Å². The monoisotopic (exact) mass is 397 g/mol. The average molecular weight is 397 g/mol. The minimum absolute atomic E-state index is 0.193. The first-order chi connectivity index (χ1) is 14.1. The highest BCUT2D eigenvalue weighted by atomic mass is 19.1. The number of anilines is 2. The fraction of sp³-hybridized carbons (Fsp3) is 0.476. The minimum atomic E-state index is -0.329. The predicted octanol–water partition coefficient (Wildman–Crippen LogP) is 3.14. The van der Waals surface area contributed by atoms with Gasteiger partial charge >= 0.3 is 6.03 Å². The molecule has 1 aromatic carbocycles. The van der Waals surface area contributed by atoms with Crippen LogP contribution < -0.4 is 10.6 Å². The van der Waals surface area contributed by atoms with E-state index in [9.17, 15) is 9.18 Å². The molecule has 1 spiro atoms. The van der Waals surface area contributed by atoms with Gasteiger partial charge in [0.2, 0.25) is 5.95 Å². The fourth-order valence-corrected chi connectivity index (χ4v) is 4.13. The van der Waals surface area contributed by atoms with Crippen molar-refractivity contribution in [2.75, 3.05) is 36.9 Å². The molecule has 152 valence electrons. The van der Waals surface area contributed by atoms with Crippen LogP contribution in [0.4, 0.5) is 20.8 Å². The molecule has 2 aromatic rings. The van der Waals surface area contributed by atoms with Crippen molar-refractivity contribution in [2.45, 2.75) is 31.3 Å². The standard InChI is InChI=1S/C21H24FN5O2/c22-16-3-5-17(6-4-16)25-20(28)27-8-7-21(12-27)13-29-11-15-10-24-19(26-18(15)21)23-9-14-1-2-14/h3-6,10,14H,1-2,7-9,11-13H2,(H,25,28)(H,23,24,26)/t21-/m1/s1. The molecule has 1 saturated heterocycles. The number of nitrogens with zero attached hydrogens (tertiary/aromatic N) is 3. The molecule has 0 unspecified atom stereocenters. The Kier molecular flexibility index (Phi) is 4.58. The van der Waals surface area contributed by atoms with Gasteiger partial charge in [-0.2, -0.15) is 0 Å². The van der Waals surface area contributed by atoms with Crippen LogP contribution >= 0.6 is 0 Å². The van der Waals surface area contributed by atoms with Gasteiger partial charge in [0.25, 0.3) is 0 Å². The highest BCUT2D eigenvalue weighted by Gasteiger charge is 2.46. The van der Waals surface area contributed by atoms with Crippen molar-refractivity contribution in [3.05, 3.63) is 47.5 Å². The second-order valence-corrected chi connectivity index (χ2v) is 8.27. The maximum atomic E-state index is 13.1. The number of ether oxygens (including phenoxy) is 1. The van der Waals surface area contributed by atoms with Gasteiger partial charge in [0.15, 0.2) is 0 Å². The lowest BCUT2D eigenvalue weighted by Gasteiger charge is -2.34. The summed E-state index contributed by atoms with van der Waals surface area (Å²) in [5.74, 6) is 1.07. The van der Waals surface area contributed by atoms with E-state index in [1.165, 1.54) is 25.0 Å².